The first-order valence-corrected chi connectivity index (χ1v) is 8.31. The van der Waals surface area contributed by atoms with Crippen molar-refractivity contribution in [3.05, 3.63) is 58.1 Å². The minimum Gasteiger partial charge on any atom is -0.479 e. The molecule has 25 heavy (non-hydrogen) atoms. The van der Waals surface area contributed by atoms with Crippen LogP contribution in [0.15, 0.2) is 42.5 Å². The van der Waals surface area contributed by atoms with Crippen molar-refractivity contribution in [2.24, 2.45) is 0 Å². The standard InChI is InChI=1S/C18H17Cl2NO4/c1-3-15(25-16-7-5-4-6-14(16)20)17(22)21-11-8-9-13(19)12(10-11)18(23)24-2/h4-10,15H,3H2,1-2H3,(H,21,22)/t15-/m0/s1. The number of anilines is 1. The van der Waals surface area contributed by atoms with Crippen LogP contribution in [0.25, 0.3) is 0 Å². The van der Waals surface area contributed by atoms with Crippen LogP contribution in [0, 0.1) is 0 Å². The summed E-state index contributed by atoms with van der Waals surface area (Å²) in [6, 6.07) is 11.5. The highest BCUT2D eigenvalue weighted by molar-refractivity contribution is 6.33. The second kappa shape index (κ2) is 8.74. The number of hydrogen-bond acceptors (Lipinski definition) is 4. The van der Waals surface area contributed by atoms with Gasteiger partial charge >= 0.3 is 5.97 Å². The maximum Gasteiger partial charge on any atom is 0.339 e. The van der Waals surface area contributed by atoms with E-state index in [-0.39, 0.29) is 16.5 Å². The molecule has 0 aliphatic rings. The first-order valence-electron chi connectivity index (χ1n) is 7.56. The third kappa shape index (κ3) is 4.87. The molecule has 0 fully saturated rings. The summed E-state index contributed by atoms with van der Waals surface area (Å²) >= 11 is 12.0. The maximum absolute atomic E-state index is 12.5. The smallest absolute Gasteiger partial charge is 0.339 e. The molecule has 0 saturated carbocycles. The summed E-state index contributed by atoms with van der Waals surface area (Å²) in [5, 5.41) is 3.37. The minimum atomic E-state index is -0.739. The second-order valence-corrected chi connectivity index (χ2v) is 5.94. The molecule has 0 unspecified atom stereocenters. The van der Waals surface area contributed by atoms with Gasteiger partial charge in [0.1, 0.15) is 5.75 Å². The number of methoxy groups -OCH3 is 1. The number of rotatable bonds is 6. The van der Waals surface area contributed by atoms with Crippen molar-refractivity contribution in [1.82, 2.24) is 0 Å². The molecule has 1 atom stereocenters. The highest BCUT2D eigenvalue weighted by Gasteiger charge is 2.20. The summed E-state index contributed by atoms with van der Waals surface area (Å²) in [5.41, 5.74) is 0.582. The average molecular weight is 382 g/mol. The largest absolute Gasteiger partial charge is 0.479 e. The van der Waals surface area contributed by atoms with Crippen LogP contribution in [0.2, 0.25) is 10.0 Å². The van der Waals surface area contributed by atoms with Crippen LogP contribution in [0.1, 0.15) is 23.7 Å². The van der Waals surface area contributed by atoms with Crippen LogP contribution in [0.4, 0.5) is 5.69 Å². The van der Waals surface area contributed by atoms with E-state index in [1.54, 1.807) is 30.3 Å². The number of ether oxygens (including phenoxy) is 2. The fourth-order valence-corrected chi connectivity index (χ4v) is 2.48. The SMILES string of the molecule is CC[C@H](Oc1ccccc1Cl)C(=O)Nc1ccc(Cl)c(C(=O)OC)c1. The summed E-state index contributed by atoms with van der Waals surface area (Å²) in [6.07, 6.45) is -0.300. The van der Waals surface area contributed by atoms with Gasteiger partial charge in [-0.2, -0.15) is 0 Å². The molecule has 0 saturated heterocycles. The van der Waals surface area contributed by atoms with Crippen molar-refractivity contribution in [3.63, 3.8) is 0 Å². The molecule has 1 N–H and O–H groups in total. The predicted molar refractivity (Wildman–Crippen MR) is 97.6 cm³/mol. The topological polar surface area (TPSA) is 64.6 Å². The van der Waals surface area contributed by atoms with Gasteiger partial charge in [0.25, 0.3) is 5.91 Å². The summed E-state index contributed by atoms with van der Waals surface area (Å²) in [4.78, 5) is 24.1. The Labute approximate surface area is 155 Å². The van der Waals surface area contributed by atoms with Gasteiger partial charge in [-0.1, -0.05) is 42.3 Å². The number of halogens is 2. The first kappa shape index (κ1) is 19.1. The Hall–Kier alpha value is -2.24. The number of carbonyl (C=O) groups excluding carboxylic acids is 2. The molecular formula is C18H17Cl2NO4. The number of hydrogen-bond donors (Lipinski definition) is 1. The lowest BCUT2D eigenvalue weighted by molar-refractivity contribution is -0.122. The fourth-order valence-electron chi connectivity index (χ4n) is 2.11. The molecule has 2 aromatic rings. The Morgan fingerprint density at radius 1 is 1.12 bits per heavy atom. The van der Waals surface area contributed by atoms with E-state index in [4.69, 9.17) is 27.9 Å². The van der Waals surface area contributed by atoms with Gasteiger partial charge in [0.15, 0.2) is 6.10 Å². The van der Waals surface area contributed by atoms with Gasteiger partial charge in [0.05, 0.1) is 22.7 Å². The third-order valence-corrected chi connectivity index (χ3v) is 4.05. The van der Waals surface area contributed by atoms with Crippen LogP contribution in [-0.2, 0) is 9.53 Å². The average Bonchev–Trinajstić information content (AvgIpc) is 2.61. The fraction of sp³-hybridized carbons (Fsp3) is 0.222. The van der Waals surface area contributed by atoms with Gasteiger partial charge < -0.3 is 14.8 Å². The zero-order valence-corrected chi connectivity index (χ0v) is 15.2. The molecule has 0 aliphatic carbocycles. The Kier molecular flexibility index (Phi) is 6.67. The van der Waals surface area contributed by atoms with E-state index in [0.29, 0.717) is 22.9 Å². The Morgan fingerprint density at radius 3 is 2.48 bits per heavy atom. The summed E-state index contributed by atoms with van der Waals surface area (Å²) in [5.74, 6) is -0.515. The van der Waals surface area contributed by atoms with Crippen LogP contribution in [-0.4, -0.2) is 25.1 Å². The molecule has 132 valence electrons. The molecule has 0 spiro atoms. The van der Waals surface area contributed by atoms with Crippen LogP contribution < -0.4 is 10.1 Å². The quantitative estimate of drug-likeness (QED) is 0.743. The molecule has 0 aliphatic heterocycles. The molecule has 0 bridgehead atoms. The zero-order chi connectivity index (χ0) is 18.4. The van der Waals surface area contributed by atoms with Gasteiger partial charge in [0.2, 0.25) is 0 Å². The molecule has 1 amide bonds. The van der Waals surface area contributed by atoms with E-state index < -0.39 is 12.1 Å². The van der Waals surface area contributed by atoms with E-state index in [9.17, 15) is 9.59 Å². The lowest BCUT2D eigenvalue weighted by atomic mass is 10.2. The zero-order valence-electron chi connectivity index (χ0n) is 13.7. The Bertz CT molecular complexity index is 779. The van der Waals surface area contributed by atoms with Gasteiger partial charge in [-0.25, -0.2) is 4.79 Å². The number of carbonyl (C=O) groups is 2. The summed E-state index contributed by atoms with van der Waals surface area (Å²) < 4.78 is 10.4. The van der Waals surface area contributed by atoms with Gasteiger partial charge in [0, 0.05) is 5.69 Å². The molecule has 0 heterocycles. The lowest BCUT2D eigenvalue weighted by Gasteiger charge is -2.18. The van der Waals surface area contributed by atoms with E-state index in [2.05, 4.69) is 10.1 Å². The van der Waals surface area contributed by atoms with E-state index in [0.717, 1.165) is 0 Å². The van der Waals surface area contributed by atoms with Crippen molar-refractivity contribution < 1.29 is 19.1 Å². The molecule has 0 radical (unpaired) electrons. The van der Waals surface area contributed by atoms with Crippen LogP contribution >= 0.6 is 23.2 Å². The second-order valence-electron chi connectivity index (χ2n) is 5.12. The number of benzene rings is 2. The Balaban J connectivity index is 2.14. The van der Waals surface area contributed by atoms with Crippen molar-refractivity contribution in [2.75, 3.05) is 12.4 Å². The monoisotopic (exact) mass is 381 g/mol. The van der Waals surface area contributed by atoms with E-state index >= 15 is 0 Å². The van der Waals surface area contributed by atoms with Crippen molar-refractivity contribution in [1.29, 1.82) is 0 Å². The van der Waals surface area contributed by atoms with Crippen LogP contribution in [0.5, 0.6) is 5.75 Å². The minimum absolute atomic E-state index is 0.169. The molecule has 0 aromatic heterocycles. The number of esters is 1. The lowest BCUT2D eigenvalue weighted by Crippen LogP contribution is -2.32. The number of nitrogens with one attached hydrogen (secondary N) is 1. The van der Waals surface area contributed by atoms with Gasteiger partial charge in [-0.15, -0.1) is 0 Å². The third-order valence-electron chi connectivity index (χ3n) is 3.41. The predicted octanol–water partition coefficient (Wildman–Crippen LogP) is 4.58. The normalized spacial score (nSPS) is 11.5. The van der Waals surface area contributed by atoms with Gasteiger partial charge in [-0.05, 0) is 36.8 Å². The van der Waals surface area contributed by atoms with Crippen molar-refractivity contribution >= 4 is 40.8 Å². The Morgan fingerprint density at radius 2 is 1.84 bits per heavy atom. The molecule has 2 rings (SSSR count). The molecular weight excluding hydrogens is 365 g/mol. The van der Waals surface area contributed by atoms with Crippen LogP contribution in [0.3, 0.4) is 0 Å². The molecule has 5 nitrogen and oxygen atoms in total. The maximum atomic E-state index is 12.5. The number of para-hydroxylation sites is 1. The van der Waals surface area contributed by atoms with E-state index in [1.165, 1.54) is 19.2 Å². The number of amides is 1. The molecule has 2 aromatic carbocycles. The van der Waals surface area contributed by atoms with Crippen molar-refractivity contribution in [3.8, 4) is 5.75 Å². The molecule has 7 heteroatoms. The highest BCUT2D eigenvalue weighted by atomic mass is 35.5. The summed E-state index contributed by atoms with van der Waals surface area (Å²) in [7, 11) is 1.26. The summed E-state index contributed by atoms with van der Waals surface area (Å²) in [6.45, 7) is 1.82. The van der Waals surface area contributed by atoms with Crippen molar-refractivity contribution in [2.45, 2.75) is 19.4 Å². The van der Waals surface area contributed by atoms with E-state index in [1.807, 2.05) is 6.92 Å². The van der Waals surface area contributed by atoms with Gasteiger partial charge in [-0.3, -0.25) is 4.79 Å². The first-order chi connectivity index (χ1) is 12.0. The highest BCUT2D eigenvalue weighted by Crippen LogP contribution is 2.26.